The Bertz CT molecular complexity index is 3620. The highest BCUT2D eigenvalue weighted by atomic mass is 15.1. The van der Waals surface area contributed by atoms with Crippen LogP contribution in [-0.2, 0) is 0 Å². The van der Waals surface area contributed by atoms with E-state index in [1.54, 1.807) is 0 Å². The Hall–Kier alpha value is -8.20. The Kier molecular flexibility index (Phi) is 8.53. The molecule has 0 aliphatic heterocycles. The number of aromatic nitrogens is 1. The van der Waals surface area contributed by atoms with Gasteiger partial charge in [0.1, 0.15) is 0 Å². The van der Waals surface area contributed by atoms with Crippen LogP contribution in [0.2, 0.25) is 0 Å². The van der Waals surface area contributed by atoms with E-state index in [9.17, 15) is 0 Å². The maximum absolute atomic E-state index is 2.48. The minimum absolute atomic E-state index is 1.08. The molecule has 0 spiro atoms. The van der Waals surface area contributed by atoms with E-state index in [4.69, 9.17) is 0 Å². The molecule has 0 radical (unpaired) electrons. The fourth-order valence-electron chi connectivity index (χ4n) is 9.77. The molecule has 1 aromatic heterocycles. The molecule has 12 rings (SSSR count). The van der Waals surface area contributed by atoms with E-state index in [0.717, 1.165) is 28.3 Å². The van der Waals surface area contributed by atoms with E-state index >= 15 is 0 Å². The summed E-state index contributed by atoms with van der Waals surface area (Å²) >= 11 is 0. The van der Waals surface area contributed by atoms with Gasteiger partial charge in [0, 0.05) is 33.1 Å². The lowest BCUT2D eigenvalue weighted by molar-refractivity contribution is 1.18. The summed E-state index contributed by atoms with van der Waals surface area (Å²) in [7, 11) is 0. The maximum atomic E-state index is 2.48. The second kappa shape index (κ2) is 14.8. The highest BCUT2D eigenvalue weighted by Gasteiger charge is 2.22. The zero-order valence-corrected chi connectivity index (χ0v) is 34.0. The van der Waals surface area contributed by atoms with Gasteiger partial charge in [-0.15, -0.1) is 0 Å². The van der Waals surface area contributed by atoms with Gasteiger partial charge in [0.15, 0.2) is 0 Å². The molecule has 2 heteroatoms. The molecule has 0 aliphatic rings. The standard InChI is InChI=1S/C60H40N2/c1-3-17-41(18-4-1)45-23-15-24-48(39-45)61(58-40-46-22-8-9-25-49(46)52-27-11-12-28-53(52)58)47-36-33-44(34-37-47)59-50(42-19-5-2-6-20-42)30-16-32-56(59)62-55-31-14-13-29-54(55)60-51-26-10-7-21-43(51)35-38-57(60)62/h1-40H. The third kappa shape index (κ3) is 5.88. The van der Waals surface area contributed by atoms with Gasteiger partial charge >= 0.3 is 0 Å². The highest BCUT2D eigenvalue weighted by molar-refractivity contribution is 6.21. The number of para-hydroxylation sites is 1. The van der Waals surface area contributed by atoms with Crippen molar-refractivity contribution in [2.24, 2.45) is 0 Å². The van der Waals surface area contributed by atoms with Crippen molar-refractivity contribution in [1.82, 2.24) is 4.57 Å². The van der Waals surface area contributed by atoms with E-state index in [-0.39, 0.29) is 0 Å². The number of fused-ring (bicyclic) bond motifs is 8. The molecular formula is C60H40N2. The molecule has 290 valence electrons. The largest absolute Gasteiger partial charge is 0.310 e. The van der Waals surface area contributed by atoms with Gasteiger partial charge in [0.2, 0.25) is 0 Å². The van der Waals surface area contributed by atoms with Gasteiger partial charge in [-0.25, -0.2) is 0 Å². The molecule has 0 atom stereocenters. The van der Waals surface area contributed by atoms with E-state index in [0.29, 0.717) is 0 Å². The number of anilines is 3. The first-order valence-electron chi connectivity index (χ1n) is 21.3. The molecule has 0 saturated heterocycles. The predicted octanol–water partition coefficient (Wildman–Crippen LogP) is 16.7. The molecule has 2 nitrogen and oxygen atoms in total. The van der Waals surface area contributed by atoms with Gasteiger partial charge in [0.05, 0.1) is 22.4 Å². The molecular weight excluding hydrogens is 749 g/mol. The van der Waals surface area contributed by atoms with Gasteiger partial charge < -0.3 is 9.47 Å². The van der Waals surface area contributed by atoms with Crippen LogP contribution in [0.5, 0.6) is 0 Å². The zero-order valence-electron chi connectivity index (χ0n) is 34.0. The summed E-state index contributed by atoms with van der Waals surface area (Å²) in [5, 5.41) is 9.95. The lowest BCUT2D eigenvalue weighted by Crippen LogP contribution is -2.11. The van der Waals surface area contributed by atoms with Crippen LogP contribution in [0.3, 0.4) is 0 Å². The molecule has 0 N–H and O–H groups in total. The summed E-state index contributed by atoms with van der Waals surface area (Å²) in [6, 6.07) is 88.5. The second-order valence-electron chi connectivity index (χ2n) is 16.1. The van der Waals surface area contributed by atoms with Crippen molar-refractivity contribution < 1.29 is 0 Å². The minimum atomic E-state index is 1.08. The van der Waals surface area contributed by atoms with Crippen molar-refractivity contribution in [3.05, 3.63) is 243 Å². The van der Waals surface area contributed by atoms with Crippen LogP contribution in [0.25, 0.3) is 93.2 Å². The Morgan fingerprint density at radius 3 is 1.71 bits per heavy atom. The van der Waals surface area contributed by atoms with Crippen molar-refractivity contribution in [3.8, 4) is 39.1 Å². The van der Waals surface area contributed by atoms with Gasteiger partial charge in [-0.2, -0.15) is 0 Å². The van der Waals surface area contributed by atoms with Gasteiger partial charge in [-0.3, -0.25) is 0 Å². The minimum Gasteiger partial charge on any atom is -0.310 e. The number of nitrogens with zero attached hydrogens (tertiary/aromatic N) is 2. The lowest BCUT2D eigenvalue weighted by Gasteiger charge is -2.28. The quantitative estimate of drug-likeness (QED) is 0.146. The van der Waals surface area contributed by atoms with E-state index < -0.39 is 0 Å². The van der Waals surface area contributed by atoms with Crippen LogP contribution < -0.4 is 4.90 Å². The lowest BCUT2D eigenvalue weighted by atomic mass is 9.92. The van der Waals surface area contributed by atoms with Gasteiger partial charge in [-0.1, -0.05) is 194 Å². The van der Waals surface area contributed by atoms with E-state index in [1.165, 1.54) is 81.9 Å². The second-order valence-corrected chi connectivity index (χ2v) is 16.1. The average molecular weight is 789 g/mol. The monoisotopic (exact) mass is 788 g/mol. The molecule has 0 fully saturated rings. The van der Waals surface area contributed by atoms with Gasteiger partial charge in [0.25, 0.3) is 0 Å². The number of rotatable bonds is 7. The third-order valence-corrected chi connectivity index (χ3v) is 12.5. The molecule has 12 aromatic rings. The average Bonchev–Trinajstić information content (AvgIpc) is 3.69. The zero-order chi connectivity index (χ0) is 41.0. The third-order valence-electron chi connectivity index (χ3n) is 12.5. The number of hydrogen-bond acceptors (Lipinski definition) is 1. The molecule has 0 saturated carbocycles. The normalized spacial score (nSPS) is 11.5. The van der Waals surface area contributed by atoms with Crippen molar-refractivity contribution in [2.45, 2.75) is 0 Å². The molecule has 0 bridgehead atoms. The summed E-state index contributed by atoms with van der Waals surface area (Å²) in [5.41, 5.74) is 13.9. The van der Waals surface area contributed by atoms with E-state index in [2.05, 4.69) is 252 Å². The van der Waals surface area contributed by atoms with E-state index in [1.807, 2.05) is 0 Å². The first-order valence-corrected chi connectivity index (χ1v) is 21.3. The highest BCUT2D eigenvalue weighted by Crippen LogP contribution is 2.46. The smallest absolute Gasteiger partial charge is 0.0547 e. The van der Waals surface area contributed by atoms with Crippen LogP contribution in [-0.4, -0.2) is 4.57 Å². The first-order chi connectivity index (χ1) is 30.8. The molecule has 0 amide bonds. The number of hydrogen-bond donors (Lipinski definition) is 0. The molecule has 0 aliphatic carbocycles. The van der Waals surface area contributed by atoms with Gasteiger partial charge in [-0.05, 0) is 103 Å². The Balaban J connectivity index is 1.10. The summed E-state index contributed by atoms with van der Waals surface area (Å²) in [6.07, 6.45) is 0. The summed E-state index contributed by atoms with van der Waals surface area (Å²) in [5.74, 6) is 0. The molecule has 11 aromatic carbocycles. The molecule has 0 unspecified atom stereocenters. The summed E-state index contributed by atoms with van der Waals surface area (Å²) in [6.45, 7) is 0. The van der Waals surface area contributed by atoms with Crippen molar-refractivity contribution in [1.29, 1.82) is 0 Å². The Labute approximate surface area is 360 Å². The van der Waals surface area contributed by atoms with Crippen LogP contribution in [0, 0.1) is 0 Å². The topological polar surface area (TPSA) is 8.17 Å². The van der Waals surface area contributed by atoms with Crippen molar-refractivity contribution >= 4 is 71.2 Å². The summed E-state index contributed by atoms with van der Waals surface area (Å²) < 4.78 is 2.48. The Morgan fingerprint density at radius 2 is 0.919 bits per heavy atom. The number of benzene rings is 11. The molecule has 1 heterocycles. The van der Waals surface area contributed by atoms with Crippen LogP contribution in [0.15, 0.2) is 243 Å². The maximum Gasteiger partial charge on any atom is 0.0547 e. The first kappa shape index (κ1) is 35.7. The summed E-state index contributed by atoms with van der Waals surface area (Å²) in [4.78, 5) is 2.44. The van der Waals surface area contributed by atoms with Crippen molar-refractivity contribution in [2.75, 3.05) is 4.90 Å². The molecule has 62 heavy (non-hydrogen) atoms. The Morgan fingerprint density at radius 1 is 0.306 bits per heavy atom. The predicted molar refractivity (Wildman–Crippen MR) is 264 cm³/mol. The fourth-order valence-corrected chi connectivity index (χ4v) is 9.77. The van der Waals surface area contributed by atoms with Crippen LogP contribution >= 0.6 is 0 Å². The SMILES string of the molecule is c1ccc(-c2cccc(N(c3ccc(-c4c(-c5ccccc5)cccc4-n4c5ccccc5c5c6ccccc6ccc54)cc3)c3cc4ccccc4c4ccccc34)c2)cc1. The van der Waals surface area contributed by atoms with Crippen LogP contribution in [0.4, 0.5) is 17.1 Å². The fraction of sp³-hybridized carbons (Fsp3) is 0. The van der Waals surface area contributed by atoms with Crippen molar-refractivity contribution in [3.63, 3.8) is 0 Å². The van der Waals surface area contributed by atoms with Crippen LogP contribution in [0.1, 0.15) is 0 Å².